The van der Waals surface area contributed by atoms with Crippen molar-refractivity contribution in [2.75, 3.05) is 0 Å². The molecule has 0 N–H and O–H groups in total. The molecule has 0 radical (unpaired) electrons. The third kappa shape index (κ3) is 1.60. The molecule has 0 aromatic carbocycles. The van der Waals surface area contributed by atoms with E-state index in [0.29, 0.717) is 11.9 Å². The number of fused-ring (bicyclic) bond motifs is 3. The molecule has 5 heteroatoms. The van der Waals surface area contributed by atoms with Crippen molar-refractivity contribution in [3.05, 3.63) is 11.5 Å². The van der Waals surface area contributed by atoms with Gasteiger partial charge in [0.2, 0.25) is 0 Å². The van der Waals surface area contributed by atoms with Crippen LogP contribution in [0.2, 0.25) is 0 Å². The van der Waals surface area contributed by atoms with E-state index < -0.39 is 0 Å². The van der Waals surface area contributed by atoms with Gasteiger partial charge in [0, 0.05) is 13.1 Å². The lowest BCUT2D eigenvalue weighted by Gasteiger charge is -2.25. The lowest BCUT2D eigenvalue weighted by atomic mass is 9.95. The molecule has 3 unspecified atom stereocenters. The summed E-state index contributed by atoms with van der Waals surface area (Å²) in [4.78, 5) is 4.80. The molecule has 2 fully saturated rings. The minimum atomic E-state index is 0.492. The Balaban J connectivity index is 1.90. The van der Waals surface area contributed by atoms with Crippen LogP contribution in [-0.4, -0.2) is 19.3 Å². The van der Waals surface area contributed by atoms with Gasteiger partial charge in [-0.1, -0.05) is 13.3 Å². The van der Waals surface area contributed by atoms with Crippen LogP contribution in [0.1, 0.15) is 50.2 Å². The van der Waals surface area contributed by atoms with E-state index >= 15 is 0 Å². The smallest absolute Gasteiger partial charge is 0.158 e. The van der Waals surface area contributed by atoms with Gasteiger partial charge in [0.25, 0.3) is 0 Å². The average molecular weight is 293 g/mol. The second kappa shape index (κ2) is 4.48. The van der Waals surface area contributed by atoms with Gasteiger partial charge in [-0.3, -0.25) is 4.68 Å². The molecule has 0 amide bonds. The number of alkyl halides is 1. The van der Waals surface area contributed by atoms with Crippen molar-refractivity contribution in [2.24, 2.45) is 18.9 Å². The standard InChI is InChI=1S/C15H21ClN4/c1-3-11-14-15(19(2)18-11)20(13(8-16)17-14)12-7-9-4-5-10(12)6-9/h9-10,12H,3-8H2,1-2H3. The van der Waals surface area contributed by atoms with E-state index in [4.69, 9.17) is 16.6 Å². The first-order valence-corrected chi connectivity index (χ1v) is 8.25. The quantitative estimate of drug-likeness (QED) is 0.813. The SMILES string of the molecule is CCc1nn(C)c2c1nc(CCl)n2C1CC2CCC1C2. The Morgan fingerprint density at radius 2 is 2.15 bits per heavy atom. The highest BCUT2D eigenvalue weighted by Gasteiger charge is 2.42. The lowest BCUT2D eigenvalue weighted by molar-refractivity contribution is 0.328. The topological polar surface area (TPSA) is 35.6 Å². The normalized spacial score (nSPS) is 28.9. The molecule has 108 valence electrons. The highest BCUT2D eigenvalue weighted by atomic mass is 35.5. The number of halogens is 1. The molecule has 4 rings (SSSR count). The maximum atomic E-state index is 6.18. The Labute approximate surface area is 124 Å². The molecule has 4 nitrogen and oxygen atoms in total. The third-order valence-electron chi connectivity index (χ3n) is 5.30. The summed E-state index contributed by atoms with van der Waals surface area (Å²) in [5.74, 6) is 3.26. The summed E-state index contributed by atoms with van der Waals surface area (Å²) in [5.41, 5.74) is 3.33. The second-order valence-corrected chi connectivity index (χ2v) is 6.64. The van der Waals surface area contributed by atoms with Crippen molar-refractivity contribution in [1.29, 1.82) is 0 Å². The van der Waals surface area contributed by atoms with Crippen LogP contribution in [0.4, 0.5) is 0 Å². The van der Waals surface area contributed by atoms with Crippen LogP contribution in [0.5, 0.6) is 0 Å². The Hall–Kier alpha value is -1.03. The highest BCUT2D eigenvalue weighted by Crippen LogP contribution is 2.51. The molecule has 0 spiro atoms. The minimum Gasteiger partial charge on any atom is -0.308 e. The maximum Gasteiger partial charge on any atom is 0.158 e. The van der Waals surface area contributed by atoms with Gasteiger partial charge >= 0.3 is 0 Å². The molecule has 2 aromatic rings. The molecule has 2 bridgehead atoms. The minimum absolute atomic E-state index is 0.492. The monoisotopic (exact) mass is 292 g/mol. The number of aromatic nitrogens is 4. The zero-order valence-electron chi connectivity index (χ0n) is 12.1. The van der Waals surface area contributed by atoms with Crippen LogP contribution in [0.3, 0.4) is 0 Å². The van der Waals surface area contributed by atoms with Gasteiger partial charge in [-0.15, -0.1) is 11.6 Å². The van der Waals surface area contributed by atoms with E-state index in [0.717, 1.165) is 35.3 Å². The van der Waals surface area contributed by atoms with Crippen LogP contribution in [0.15, 0.2) is 0 Å². The maximum absolute atomic E-state index is 6.18. The molecule has 0 saturated heterocycles. The van der Waals surface area contributed by atoms with Gasteiger partial charge in [0.1, 0.15) is 11.3 Å². The van der Waals surface area contributed by atoms with Crippen LogP contribution in [-0.2, 0) is 19.3 Å². The number of aryl methyl sites for hydroxylation is 2. The largest absolute Gasteiger partial charge is 0.308 e. The number of nitrogens with zero attached hydrogens (tertiary/aromatic N) is 4. The molecule has 2 saturated carbocycles. The lowest BCUT2D eigenvalue weighted by Crippen LogP contribution is -2.19. The first kappa shape index (κ1) is 12.7. The molecule has 2 aliphatic rings. The van der Waals surface area contributed by atoms with Crippen molar-refractivity contribution in [2.45, 2.75) is 50.9 Å². The van der Waals surface area contributed by atoms with Crippen LogP contribution >= 0.6 is 11.6 Å². The summed E-state index contributed by atoms with van der Waals surface area (Å²) in [6.07, 6.45) is 6.40. The van der Waals surface area contributed by atoms with E-state index in [2.05, 4.69) is 16.6 Å². The first-order valence-electron chi connectivity index (χ1n) is 7.71. The summed E-state index contributed by atoms with van der Waals surface area (Å²) >= 11 is 6.18. The fourth-order valence-electron chi connectivity index (χ4n) is 4.46. The third-order valence-corrected chi connectivity index (χ3v) is 5.54. The summed E-state index contributed by atoms with van der Waals surface area (Å²) in [5, 5.41) is 4.63. The number of rotatable bonds is 3. The van der Waals surface area contributed by atoms with E-state index in [-0.39, 0.29) is 0 Å². The van der Waals surface area contributed by atoms with E-state index in [1.165, 1.54) is 31.3 Å². The molecule has 2 heterocycles. The van der Waals surface area contributed by atoms with Gasteiger partial charge in [-0.05, 0) is 37.5 Å². The predicted molar refractivity (Wildman–Crippen MR) is 79.9 cm³/mol. The van der Waals surface area contributed by atoms with Crippen molar-refractivity contribution in [1.82, 2.24) is 19.3 Å². The van der Waals surface area contributed by atoms with E-state index in [1.807, 2.05) is 11.7 Å². The highest BCUT2D eigenvalue weighted by molar-refractivity contribution is 6.16. The number of imidazole rings is 1. The number of hydrogen-bond acceptors (Lipinski definition) is 2. The van der Waals surface area contributed by atoms with Crippen LogP contribution in [0.25, 0.3) is 11.2 Å². The van der Waals surface area contributed by atoms with Crippen molar-refractivity contribution in [3.8, 4) is 0 Å². The summed E-state index contributed by atoms with van der Waals surface area (Å²) in [6.45, 7) is 2.14. The van der Waals surface area contributed by atoms with Crippen molar-refractivity contribution >= 4 is 22.8 Å². The van der Waals surface area contributed by atoms with Gasteiger partial charge in [-0.25, -0.2) is 4.98 Å². The van der Waals surface area contributed by atoms with Crippen LogP contribution < -0.4 is 0 Å². The Morgan fingerprint density at radius 1 is 1.30 bits per heavy atom. The molecular formula is C15H21ClN4. The Kier molecular flexibility index (Phi) is 2.85. The van der Waals surface area contributed by atoms with Gasteiger partial charge in [0.05, 0.1) is 11.6 Å². The molecule has 2 aromatic heterocycles. The number of hydrogen-bond donors (Lipinski definition) is 0. The summed E-state index contributed by atoms with van der Waals surface area (Å²) < 4.78 is 4.42. The predicted octanol–water partition coefficient (Wildman–Crippen LogP) is 3.43. The zero-order chi connectivity index (χ0) is 13.9. The second-order valence-electron chi connectivity index (χ2n) is 6.37. The average Bonchev–Trinajstić information content (AvgIpc) is 3.18. The Bertz CT molecular complexity index is 656. The first-order chi connectivity index (χ1) is 9.72. The van der Waals surface area contributed by atoms with E-state index in [9.17, 15) is 0 Å². The van der Waals surface area contributed by atoms with E-state index in [1.54, 1.807) is 0 Å². The molecule has 20 heavy (non-hydrogen) atoms. The summed E-state index contributed by atoms with van der Waals surface area (Å²) in [7, 11) is 2.03. The zero-order valence-corrected chi connectivity index (χ0v) is 12.9. The summed E-state index contributed by atoms with van der Waals surface area (Å²) in [6, 6.07) is 0.590. The molecular weight excluding hydrogens is 272 g/mol. The van der Waals surface area contributed by atoms with Crippen LogP contribution in [0, 0.1) is 11.8 Å². The fourth-order valence-corrected chi connectivity index (χ4v) is 4.64. The fraction of sp³-hybridized carbons (Fsp3) is 0.733. The molecule has 0 aliphatic heterocycles. The Morgan fingerprint density at radius 3 is 2.75 bits per heavy atom. The van der Waals surface area contributed by atoms with Crippen molar-refractivity contribution in [3.63, 3.8) is 0 Å². The van der Waals surface area contributed by atoms with Crippen molar-refractivity contribution < 1.29 is 0 Å². The van der Waals surface area contributed by atoms with Gasteiger partial charge in [0.15, 0.2) is 5.65 Å². The molecule has 2 aliphatic carbocycles. The molecule has 3 atom stereocenters. The van der Waals surface area contributed by atoms with Gasteiger partial charge in [-0.2, -0.15) is 5.10 Å². The van der Waals surface area contributed by atoms with Gasteiger partial charge < -0.3 is 4.57 Å².